The van der Waals surface area contributed by atoms with E-state index < -0.39 is 5.66 Å². The fourth-order valence-electron chi connectivity index (χ4n) is 3.11. The van der Waals surface area contributed by atoms with Crippen LogP contribution in [-0.2, 0) is 19.1 Å². The first kappa shape index (κ1) is 14.6. The van der Waals surface area contributed by atoms with Crippen molar-refractivity contribution in [3.05, 3.63) is 0 Å². The average Bonchev–Trinajstić information content (AvgIpc) is 2.41. The Bertz CT molecular complexity index is 313. The van der Waals surface area contributed by atoms with Crippen molar-refractivity contribution in [2.45, 2.75) is 19.5 Å². The van der Waals surface area contributed by atoms with E-state index in [1.165, 1.54) is 13.8 Å². The molecular formula is C13H22N2O4. The molecule has 2 aliphatic rings. The monoisotopic (exact) mass is 270 g/mol. The highest BCUT2D eigenvalue weighted by Gasteiger charge is 2.51. The van der Waals surface area contributed by atoms with Crippen molar-refractivity contribution in [3.8, 4) is 0 Å². The minimum atomic E-state index is -1.13. The van der Waals surface area contributed by atoms with Crippen molar-refractivity contribution in [1.29, 1.82) is 0 Å². The summed E-state index contributed by atoms with van der Waals surface area (Å²) in [7, 11) is 0. The number of nitrogens with zero attached hydrogens (tertiary/aromatic N) is 2. The van der Waals surface area contributed by atoms with Gasteiger partial charge in [0.2, 0.25) is 0 Å². The number of hydrogen-bond donors (Lipinski definition) is 0. The van der Waals surface area contributed by atoms with Crippen LogP contribution in [0, 0.1) is 0 Å². The lowest BCUT2D eigenvalue weighted by atomic mass is 9.95. The van der Waals surface area contributed by atoms with Crippen LogP contribution in [0.2, 0.25) is 0 Å². The summed E-state index contributed by atoms with van der Waals surface area (Å²) >= 11 is 0. The molecular weight excluding hydrogens is 248 g/mol. The van der Waals surface area contributed by atoms with Gasteiger partial charge in [-0.05, 0) is 13.8 Å². The number of rotatable bonds is 4. The summed E-state index contributed by atoms with van der Waals surface area (Å²) in [4.78, 5) is 28.6. The topological polar surface area (TPSA) is 59.1 Å². The maximum Gasteiger partial charge on any atom is 0.194 e. The predicted octanol–water partition coefficient (Wildman–Crippen LogP) is -0.475. The third-order valence-electron chi connectivity index (χ3n) is 3.92. The second kappa shape index (κ2) is 6.09. The molecule has 0 spiro atoms. The summed E-state index contributed by atoms with van der Waals surface area (Å²) in [6.45, 7) is 7.69. The lowest BCUT2D eigenvalue weighted by Gasteiger charge is -2.49. The SMILES string of the molecule is CC(=O)C(C(C)=O)(N1CCOCC1)N1CCOCC1. The zero-order valence-electron chi connectivity index (χ0n) is 11.7. The van der Waals surface area contributed by atoms with E-state index in [0.717, 1.165) is 0 Å². The second-order valence-corrected chi connectivity index (χ2v) is 4.98. The number of carbonyl (C=O) groups excluding carboxylic acids is 2. The molecule has 2 heterocycles. The van der Waals surface area contributed by atoms with Gasteiger partial charge in [0.1, 0.15) is 0 Å². The van der Waals surface area contributed by atoms with Gasteiger partial charge in [-0.1, -0.05) is 0 Å². The van der Waals surface area contributed by atoms with Crippen molar-refractivity contribution >= 4 is 11.6 Å². The van der Waals surface area contributed by atoms with Crippen LogP contribution >= 0.6 is 0 Å². The molecule has 0 aromatic carbocycles. The molecule has 2 fully saturated rings. The Kier molecular flexibility index (Phi) is 4.67. The molecule has 0 saturated carbocycles. The zero-order valence-corrected chi connectivity index (χ0v) is 11.7. The molecule has 0 atom stereocenters. The van der Waals surface area contributed by atoms with Crippen LogP contribution in [-0.4, -0.2) is 79.6 Å². The van der Waals surface area contributed by atoms with Crippen molar-refractivity contribution in [2.75, 3.05) is 52.6 Å². The van der Waals surface area contributed by atoms with Gasteiger partial charge in [-0.15, -0.1) is 0 Å². The molecule has 6 nitrogen and oxygen atoms in total. The molecule has 108 valence electrons. The average molecular weight is 270 g/mol. The van der Waals surface area contributed by atoms with Crippen LogP contribution in [0.25, 0.3) is 0 Å². The summed E-state index contributed by atoms with van der Waals surface area (Å²) in [5, 5.41) is 0. The lowest BCUT2D eigenvalue weighted by molar-refractivity contribution is -0.169. The summed E-state index contributed by atoms with van der Waals surface area (Å²) in [5.74, 6) is -0.215. The first-order chi connectivity index (χ1) is 9.10. The Morgan fingerprint density at radius 1 is 0.789 bits per heavy atom. The van der Waals surface area contributed by atoms with Gasteiger partial charge in [-0.25, -0.2) is 0 Å². The van der Waals surface area contributed by atoms with Crippen molar-refractivity contribution in [2.24, 2.45) is 0 Å². The van der Waals surface area contributed by atoms with Crippen LogP contribution in [0.15, 0.2) is 0 Å². The number of carbonyl (C=O) groups is 2. The minimum absolute atomic E-state index is 0.108. The van der Waals surface area contributed by atoms with Gasteiger partial charge in [0, 0.05) is 26.2 Å². The number of hydrogen-bond acceptors (Lipinski definition) is 6. The van der Waals surface area contributed by atoms with E-state index in [0.29, 0.717) is 52.6 Å². The van der Waals surface area contributed by atoms with Gasteiger partial charge in [0.15, 0.2) is 17.2 Å². The molecule has 0 N–H and O–H groups in total. The van der Waals surface area contributed by atoms with E-state index >= 15 is 0 Å². The minimum Gasteiger partial charge on any atom is -0.379 e. The summed E-state index contributed by atoms with van der Waals surface area (Å²) in [6.07, 6.45) is 0. The first-order valence-corrected chi connectivity index (χ1v) is 6.78. The third kappa shape index (κ3) is 2.58. The second-order valence-electron chi connectivity index (χ2n) is 4.98. The Morgan fingerprint density at radius 3 is 1.37 bits per heavy atom. The standard InChI is InChI=1S/C13H22N2O4/c1-11(16)13(12(2)17,14-3-7-18-8-4-14)15-5-9-19-10-6-15/h3-10H2,1-2H3. The lowest BCUT2D eigenvalue weighted by Crippen LogP contribution is -2.72. The smallest absolute Gasteiger partial charge is 0.194 e. The number of Topliss-reactive ketones (excluding diaryl/α,β-unsaturated/α-hetero) is 2. The van der Waals surface area contributed by atoms with Gasteiger partial charge >= 0.3 is 0 Å². The molecule has 0 unspecified atom stereocenters. The van der Waals surface area contributed by atoms with Crippen LogP contribution in [0.3, 0.4) is 0 Å². The molecule has 0 radical (unpaired) electrons. The molecule has 19 heavy (non-hydrogen) atoms. The Balaban J connectivity index is 2.33. The maximum atomic E-state index is 12.3. The van der Waals surface area contributed by atoms with E-state index in [9.17, 15) is 9.59 Å². The third-order valence-corrected chi connectivity index (χ3v) is 3.92. The fraction of sp³-hybridized carbons (Fsp3) is 0.846. The van der Waals surface area contributed by atoms with Gasteiger partial charge in [0.05, 0.1) is 26.4 Å². The number of ether oxygens (including phenoxy) is 2. The Morgan fingerprint density at radius 2 is 1.11 bits per heavy atom. The zero-order chi connectivity index (χ0) is 13.9. The van der Waals surface area contributed by atoms with Gasteiger partial charge in [0.25, 0.3) is 0 Å². The molecule has 2 rings (SSSR count). The highest BCUT2D eigenvalue weighted by atomic mass is 16.5. The Labute approximate surface area is 113 Å². The molecule has 0 aliphatic carbocycles. The number of ketones is 2. The van der Waals surface area contributed by atoms with E-state index in [4.69, 9.17) is 9.47 Å². The van der Waals surface area contributed by atoms with Crippen molar-refractivity contribution in [1.82, 2.24) is 9.80 Å². The van der Waals surface area contributed by atoms with Crippen LogP contribution in [0.5, 0.6) is 0 Å². The molecule has 0 aromatic rings. The van der Waals surface area contributed by atoms with Crippen LogP contribution < -0.4 is 0 Å². The number of morpholine rings is 2. The summed E-state index contributed by atoms with van der Waals surface area (Å²) < 4.78 is 10.7. The van der Waals surface area contributed by atoms with E-state index in [-0.39, 0.29) is 11.6 Å². The molecule has 0 bridgehead atoms. The van der Waals surface area contributed by atoms with Crippen LogP contribution in [0.1, 0.15) is 13.8 Å². The maximum absolute atomic E-state index is 12.3. The van der Waals surface area contributed by atoms with E-state index in [2.05, 4.69) is 0 Å². The molecule has 0 amide bonds. The molecule has 2 saturated heterocycles. The van der Waals surface area contributed by atoms with Crippen LogP contribution in [0.4, 0.5) is 0 Å². The molecule has 6 heteroatoms. The largest absolute Gasteiger partial charge is 0.379 e. The van der Waals surface area contributed by atoms with Crippen molar-refractivity contribution < 1.29 is 19.1 Å². The first-order valence-electron chi connectivity index (χ1n) is 6.78. The Hall–Kier alpha value is -0.820. The highest BCUT2D eigenvalue weighted by molar-refractivity contribution is 6.09. The highest BCUT2D eigenvalue weighted by Crippen LogP contribution is 2.26. The molecule has 0 aromatic heterocycles. The van der Waals surface area contributed by atoms with E-state index in [1.54, 1.807) is 0 Å². The predicted molar refractivity (Wildman–Crippen MR) is 68.9 cm³/mol. The van der Waals surface area contributed by atoms with E-state index in [1.807, 2.05) is 9.80 Å². The summed E-state index contributed by atoms with van der Waals surface area (Å²) in [6, 6.07) is 0. The quantitative estimate of drug-likeness (QED) is 0.643. The van der Waals surface area contributed by atoms with Gasteiger partial charge < -0.3 is 9.47 Å². The van der Waals surface area contributed by atoms with Gasteiger partial charge in [-0.3, -0.25) is 19.4 Å². The molecule has 2 aliphatic heterocycles. The van der Waals surface area contributed by atoms with Gasteiger partial charge in [-0.2, -0.15) is 0 Å². The fourth-order valence-corrected chi connectivity index (χ4v) is 3.11. The van der Waals surface area contributed by atoms with Crippen molar-refractivity contribution in [3.63, 3.8) is 0 Å². The normalized spacial score (nSPS) is 23.3. The summed E-state index contributed by atoms with van der Waals surface area (Å²) in [5.41, 5.74) is -1.13.